The van der Waals surface area contributed by atoms with Crippen molar-refractivity contribution in [3.05, 3.63) is 95.6 Å². The second kappa shape index (κ2) is 16.9. The molecule has 0 radical (unpaired) electrons. The smallest absolute Gasteiger partial charge is 0.333 e. The second-order valence-electron chi connectivity index (χ2n) is 9.29. The summed E-state index contributed by atoms with van der Waals surface area (Å²) in [4.78, 5) is 25.9. The minimum absolute atomic E-state index is 0.230. The molecule has 0 saturated carbocycles. The van der Waals surface area contributed by atoms with E-state index < -0.39 is 17.9 Å². The molecule has 0 saturated heterocycles. The van der Waals surface area contributed by atoms with Crippen LogP contribution in [-0.2, 0) is 27.3 Å². The van der Waals surface area contributed by atoms with Gasteiger partial charge >= 0.3 is 12.0 Å². The van der Waals surface area contributed by atoms with Gasteiger partial charge in [-0.25, -0.2) is 18.4 Å². The average molecular weight is 571 g/mol. The van der Waals surface area contributed by atoms with Crippen LogP contribution in [0.5, 0.6) is 5.75 Å². The van der Waals surface area contributed by atoms with Crippen LogP contribution in [0.15, 0.2) is 72.8 Å². The standard InChI is InChI=1S/C31H36F2N2O6/c1-2-40-29(30(36)37)21-23-7-15-28(16-8-23)41-20-18-35(31(38)34-27-13-11-26(33)12-14-27)17-3-4-19-39-22-24-5-9-25(32)10-6-24/h5-16,29H,2-4,17-22H2,1H3,(H,34,38)(H,36,37). The van der Waals surface area contributed by atoms with Crippen molar-refractivity contribution in [1.29, 1.82) is 0 Å². The van der Waals surface area contributed by atoms with Crippen LogP contribution in [-0.4, -0.2) is 61.0 Å². The molecule has 0 bridgehead atoms. The summed E-state index contributed by atoms with van der Waals surface area (Å²) < 4.78 is 43.1. The van der Waals surface area contributed by atoms with E-state index in [1.54, 1.807) is 48.2 Å². The molecule has 0 aromatic heterocycles. The van der Waals surface area contributed by atoms with Crippen LogP contribution in [0.25, 0.3) is 0 Å². The van der Waals surface area contributed by atoms with Crippen molar-refractivity contribution in [2.75, 3.05) is 38.2 Å². The van der Waals surface area contributed by atoms with E-state index in [9.17, 15) is 23.5 Å². The van der Waals surface area contributed by atoms with Gasteiger partial charge in [0.15, 0.2) is 6.10 Å². The first-order chi connectivity index (χ1) is 19.8. The number of anilines is 1. The van der Waals surface area contributed by atoms with Crippen molar-refractivity contribution >= 4 is 17.7 Å². The number of halogens is 2. The second-order valence-corrected chi connectivity index (χ2v) is 9.29. The number of nitrogens with one attached hydrogen (secondary N) is 1. The molecule has 2 N–H and O–H groups in total. The van der Waals surface area contributed by atoms with Gasteiger partial charge in [-0.1, -0.05) is 24.3 Å². The Morgan fingerprint density at radius 1 is 0.854 bits per heavy atom. The number of urea groups is 1. The van der Waals surface area contributed by atoms with Crippen molar-refractivity contribution in [3.8, 4) is 5.75 Å². The van der Waals surface area contributed by atoms with Gasteiger partial charge in [0.05, 0.1) is 13.2 Å². The molecule has 2 amide bonds. The summed E-state index contributed by atoms with van der Waals surface area (Å²) in [6.07, 6.45) is 0.727. The molecule has 41 heavy (non-hydrogen) atoms. The Kier molecular flexibility index (Phi) is 13.0. The Bertz CT molecular complexity index is 1210. The fourth-order valence-corrected chi connectivity index (χ4v) is 3.96. The maximum Gasteiger partial charge on any atom is 0.333 e. The number of rotatable bonds is 17. The molecule has 1 unspecified atom stereocenters. The lowest BCUT2D eigenvalue weighted by atomic mass is 10.1. The summed E-state index contributed by atoms with van der Waals surface area (Å²) in [5, 5.41) is 12.1. The van der Waals surface area contributed by atoms with Crippen molar-refractivity contribution in [3.63, 3.8) is 0 Å². The quantitative estimate of drug-likeness (QED) is 0.196. The molecule has 0 spiro atoms. The zero-order valence-corrected chi connectivity index (χ0v) is 23.1. The van der Waals surface area contributed by atoms with Crippen LogP contribution in [0.1, 0.15) is 30.9 Å². The zero-order valence-electron chi connectivity index (χ0n) is 23.1. The summed E-state index contributed by atoms with van der Waals surface area (Å²) in [6.45, 7) is 3.91. The predicted octanol–water partition coefficient (Wildman–Crippen LogP) is 5.91. The van der Waals surface area contributed by atoms with E-state index in [1.165, 1.54) is 36.4 Å². The number of carbonyl (C=O) groups excluding carboxylic acids is 1. The maximum absolute atomic E-state index is 13.3. The molecule has 0 aliphatic carbocycles. The molecule has 220 valence electrons. The van der Waals surface area contributed by atoms with E-state index in [0.29, 0.717) is 57.2 Å². The van der Waals surface area contributed by atoms with Crippen LogP contribution in [0, 0.1) is 11.6 Å². The number of unbranched alkanes of at least 4 members (excludes halogenated alkanes) is 1. The van der Waals surface area contributed by atoms with E-state index in [0.717, 1.165) is 11.1 Å². The van der Waals surface area contributed by atoms with E-state index in [4.69, 9.17) is 14.2 Å². The lowest BCUT2D eigenvalue weighted by Crippen LogP contribution is -2.38. The number of hydrogen-bond acceptors (Lipinski definition) is 5. The lowest BCUT2D eigenvalue weighted by Gasteiger charge is -2.23. The Morgan fingerprint density at radius 2 is 1.49 bits per heavy atom. The van der Waals surface area contributed by atoms with Crippen LogP contribution in [0.3, 0.4) is 0 Å². The number of aliphatic carboxylic acids is 1. The largest absolute Gasteiger partial charge is 0.492 e. The lowest BCUT2D eigenvalue weighted by molar-refractivity contribution is -0.149. The number of hydrogen-bond donors (Lipinski definition) is 2. The number of amides is 2. The predicted molar refractivity (Wildman–Crippen MR) is 151 cm³/mol. The Hall–Kier alpha value is -4.02. The summed E-state index contributed by atoms with van der Waals surface area (Å²) in [5.74, 6) is -1.10. The zero-order chi connectivity index (χ0) is 29.5. The van der Waals surface area contributed by atoms with Gasteiger partial charge in [0.25, 0.3) is 0 Å². The van der Waals surface area contributed by atoms with Crippen LogP contribution in [0.2, 0.25) is 0 Å². The highest BCUT2D eigenvalue weighted by atomic mass is 19.1. The van der Waals surface area contributed by atoms with Crippen molar-refractivity contribution in [1.82, 2.24) is 4.90 Å². The van der Waals surface area contributed by atoms with Gasteiger partial charge in [0, 0.05) is 31.9 Å². The van der Waals surface area contributed by atoms with Gasteiger partial charge in [-0.3, -0.25) is 0 Å². The molecule has 0 aliphatic rings. The number of carboxylic acid groups (broad SMARTS) is 1. The topological polar surface area (TPSA) is 97.3 Å². The number of benzene rings is 3. The molecule has 1 atom stereocenters. The fourth-order valence-electron chi connectivity index (χ4n) is 3.96. The number of carbonyl (C=O) groups is 2. The molecule has 3 aromatic carbocycles. The van der Waals surface area contributed by atoms with Crippen LogP contribution >= 0.6 is 0 Å². The maximum atomic E-state index is 13.3. The van der Waals surface area contributed by atoms with Gasteiger partial charge in [0.1, 0.15) is 24.0 Å². The number of nitrogens with zero attached hydrogens (tertiary/aromatic N) is 1. The van der Waals surface area contributed by atoms with Crippen molar-refractivity contribution in [2.45, 2.75) is 38.9 Å². The normalized spacial score (nSPS) is 11.6. The molecule has 0 fully saturated rings. The van der Waals surface area contributed by atoms with Gasteiger partial charge in [-0.05, 0) is 79.4 Å². The van der Waals surface area contributed by atoms with E-state index in [1.807, 2.05) is 0 Å². The van der Waals surface area contributed by atoms with Crippen LogP contribution < -0.4 is 10.1 Å². The third-order valence-corrected chi connectivity index (χ3v) is 6.15. The van der Waals surface area contributed by atoms with Crippen LogP contribution in [0.4, 0.5) is 19.3 Å². The number of ether oxygens (including phenoxy) is 3. The average Bonchev–Trinajstić information content (AvgIpc) is 2.96. The molecule has 8 nitrogen and oxygen atoms in total. The van der Waals surface area contributed by atoms with Crippen molar-refractivity contribution < 1.29 is 37.7 Å². The van der Waals surface area contributed by atoms with Crippen molar-refractivity contribution in [2.24, 2.45) is 0 Å². The highest BCUT2D eigenvalue weighted by Crippen LogP contribution is 2.15. The first-order valence-electron chi connectivity index (χ1n) is 13.5. The monoisotopic (exact) mass is 570 g/mol. The Labute approximate surface area is 238 Å². The molecule has 0 heterocycles. The molecular formula is C31H36F2N2O6. The Balaban J connectivity index is 1.48. The highest BCUT2D eigenvalue weighted by molar-refractivity contribution is 5.89. The summed E-state index contributed by atoms with van der Waals surface area (Å²) in [6, 6.07) is 18.4. The van der Waals surface area contributed by atoms with Gasteiger partial charge in [0.2, 0.25) is 0 Å². The minimum Gasteiger partial charge on any atom is -0.492 e. The molecule has 0 aliphatic heterocycles. The first kappa shape index (κ1) is 31.5. The van der Waals surface area contributed by atoms with Gasteiger partial charge in [-0.2, -0.15) is 0 Å². The highest BCUT2D eigenvalue weighted by Gasteiger charge is 2.18. The summed E-state index contributed by atoms with van der Waals surface area (Å²) in [5.41, 5.74) is 2.17. The van der Waals surface area contributed by atoms with E-state index in [2.05, 4.69) is 5.32 Å². The Morgan fingerprint density at radius 3 is 2.12 bits per heavy atom. The molecule has 10 heteroatoms. The molecule has 3 aromatic rings. The first-order valence-corrected chi connectivity index (χ1v) is 13.5. The van der Waals surface area contributed by atoms with E-state index >= 15 is 0 Å². The number of carboxylic acids is 1. The third kappa shape index (κ3) is 11.5. The van der Waals surface area contributed by atoms with E-state index in [-0.39, 0.29) is 24.9 Å². The van der Waals surface area contributed by atoms with Gasteiger partial charge in [-0.15, -0.1) is 0 Å². The molecular weight excluding hydrogens is 534 g/mol. The minimum atomic E-state index is -1.01. The SMILES string of the molecule is CCOC(Cc1ccc(OCCN(CCCCOCc2ccc(F)cc2)C(=O)Nc2ccc(F)cc2)cc1)C(=O)O. The fraction of sp³-hybridized carbons (Fsp3) is 0.355. The van der Waals surface area contributed by atoms with Gasteiger partial charge < -0.3 is 29.5 Å². The summed E-state index contributed by atoms with van der Waals surface area (Å²) in [7, 11) is 0. The molecule has 3 rings (SSSR count). The third-order valence-electron chi connectivity index (χ3n) is 6.15. The summed E-state index contributed by atoms with van der Waals surface area (Å²) >= 11 is 0.